The van der Waals surface area contributed by atoms with E-state index in [1.54, 1.807) is 31.7 Å². The fourth-order valence-electron chi connectivity index (χ4n) is 1.76. The van der Waals surface area contributed by atoms with E-state index in [-0.39, 0.29) is 6.03 Å². The number of amides is 2. The summed E-state index contributed by atoms with van der Waals surface area (Å²) in [6, 6.07) is 7.02. The molecular formula is C14H17N3O3. The molecule has 2 amide bonds. The molecule has 0 aliphatic heterocycles. The average molecular weight is 275 g/mol. The number of aryl methyl sites for hydroxylation is 1. The van der Waals surface area contributed by atoms with Crippen LogP contribution >= 0.6 is 0 Å². The van der Waals surface area contributed by atoms with Crippen molar-refractivity contribution in [2.45, 2.75) is 12.8 Å². The Hall–Kier alpha value is -2.50. The van der Waals surface area contributed by atoms with Crippen molar-refractivity contribution >= 4 is 11.7 Å². The van der Waals surface area contributed by atoms with Crippen molar-refractivity contribution in [3.05, 3.63) is 42.3 Å². The van der Waals surface area contributed by atoms with Crippen LogP contribution in [0.2, 0.25) is 0 Å². The minimum atomic E-state index is -0.250. The maximum atomic E-state index is 11.7. The summed E-state index contributed by atoms with van der Waals surface area (Å²) in [4.78, 5) is 11.7. The molecule has 0 aliphatic carbocycles. The summed E-state index contributed by atoms with van der Waals surface area (Å²) in [6.45, 7) is 0.576. The molecule has 0 fully saturated rings. The number of anilines is 1. The van der Waals surface area contributed by atoms with E-state index in [9.17, 15) is 4.79 Å². The predicted molar refractivity (Wildman–Crippen MR) is 74.8 cm³/mol. The number of para-hydroxylation sites is 2. The fourth-order valence-corrected chi connectivity index (χ4v) is 1.76. The number of rotatable bonds is 6. The summed E-state index contributed by atoms with van der Waals surface area (Å²) in [7, 11) is 1.57. The van der Waals surface area contributed by atoms with E-state index in [0.29, 0.717) is 18.0 Å². The molecule has 0 unspecified atom stereocenters. The number of benzene rings is 1. The monoisotopic (exact) mass is 275 g/mol. The second-order valence-corrected chi connectivity index (χ2v) is 4.22. The number of methoxy groups -OCH3 is 1. The van der Waals surface area contributed by atoms with Crippen LogP contribution in [-0.2, 0) is 6.42 Å². The third kappa shape index (κ3) is 4.01. The number of carbonyl (C=O) groups excluding carboxylic acids is 1. The number of aromatic nitrogens is 1. The quantitative estimate of drug-likeness (QED) is 0.794. The van der Waals surface area contributed by atoms with Crippen molar-refractivity contribution in [3.63, 3.8) is 0 Å². The van der Waals surface area contributed by atoms with Gasteiger partial charge in [0.15, 0.2) is 0 Å². The lowest BCUT2D eigenvalue weighted by atomic mass is 10.2. The number of hydrogen-bond acceptors (Lipinski definition) is 4. The summed E-state index contributed by atoms with van der Waals surface area (Å²) in [5.74, 6) is 0.632. The molecule has 6 nitrogen and oxygen atoms in total. The van der Waals surface area contributed by atoms with E-state index in [4.69, 9.17) is 9.26 Å². The van der Waals surface area contributed by atoms with Crippen LogP contribution in [0.15, 0.2) is 41.2 Å². The molecule has 1 aromatic carbocycles. The number of nitrogens with one attached hydrogen (secondary N) is 2. The SMILES string of the molecule is COc1ccccc1NC(=O)NCCCc1cnoc1. The van der Waals surface area contributed by atoms with Gasteiger partial charge in [-0.15, -0.1) is 0 Å². The first-order chi connectivity index (χ1) is 9.79. The van der Waals surface area contributed by atoms with Crippen molar-refractivity contribution in [1.29, 1.82) is 0 Å². The van der Waals surface area contributed by atoms with E-state index in [0.717, 1.165) is 18.4 Å². The van der Waals surface area contributed by atoms with Crippen LogP contribution < -0.4 is 15.4 Å². The number of carbonyl (C=O) groups is 1. The van der Waals surface area contributed by atoms with Gasteiger partial charge < -0.3 is 19.9 Å². The van der Waals surface area contributed by atoms with Crippen molar-refractivity contribution < 1.29 is 14.1 Å². The Bertz CT molecular complexity index is 540. The highest BCUT2D eigenvalue weighted by molar-refractivity contribution is 5.90. The highest BCUT2D eigenvalue weighted by Crippen LogP contribution is 2.22. The summed E-state index contributed by atoms with van der Waals surface area (Å²) >= 11 is 0. The molecular weight excluding hydrogens is 258 g/mol. The van der Waals surface area contributed by atoms with E-state index in [1.165, 1.54) is 0 Å². The third-order valence-electron chi connectivity index (χ3n) is 2.77. The molecule has 0 spiro atoms. The Morgan fingerprint density at radius 2 is 2.25 bits per heavy atom. The molecule has 2 aromatic rings. The molecule has 1 aromatic heterocycles. The molecule has 0 atom stereocenters. The zero-order valence-corrected chi connectivity index (χ0v) is 11.3. The van der Waals surface area contributed by atoms with Crippen molar-refractivity contribution in [3.8, 4) is 5.75 Å². The zero-order valence-electron chi connectivity index (χ0n) is 11.3. The van der Waals surface area contributed by atoms with Crippen molar-refractivity contribution in [1.82, 2.24) is 10.5 Å². The van der Waals surface area contributed by atoms with Gasteiger partial charge in [-0.2, -0.15) is 0 Å². The molecule has 0 saturated heterocycles. The number of ether oxygens (including phenoxy) is 1. The molecule has 6 heteroatoms. The smallest absolute Gasteiger partial charge is 0.319 e. The van der Waals surface area contributed by atoms with Gasteiger partial charge in [-0.1, -0.05) is 17.3 Å². The van der Waals surface area contributed by atoms with E-state index in [1.807, 2.05) is 12.1 Å². The summed E-state index contributed by atoms with van der Waals surface area (Å²) in [5.41, 5.74) is 1.67. The van der Waals surface area contributed by atoms with Crippen LogP contribution in [0.3, 0.4) is 0 Å². The fraction of sp³-hybridized carbons (Fsp3) is 0.286. The van der Waals surface area contributed by atoms with Gasteiger partial charge in [0, 0.05) is 12.1 Å². The van der Waals surface area contributed by atoms with Gasteiger partial charge in [0.05, 0.1) is 19.0 Å². The number of hydrogen-bond donors (Lipinski definition) is 2. The predicted octanol–water partition coefficient (Wildman–Crippen LogP) is 2.44. The normalized spacial score (nSPS) is 10.1. The van der Waals surface area contributed by atoms with Crippen LogP contribution in [0.5, 0.6) is 5.75 Å². The Labute approximate surface area is 117 Å². The Kier molecular flexibility index (Phi) is 5.00. The van der Waals surface area contributed by atoms with Gasteiger partial charge in [0.25, 0.3) is 0 Å². The second kappa shape index (κ2) is 7.18. The first-order valence-corrected chi connectivity index (χ1v) is 6.35. The Balaban J connectivity index is 1.72. The van der Waals surface area contributed by atoms with E-state index >= 15 is 0 Å². The third-order valence-corrected chi connectivity index (χ3v) is 2.77. The van der Waals surface area contributed by atoms with Gasteiger partial charge in [-0.3, -0.25) is 0 Å². The maximum Gasteiger partial charge on any atom is 0.319 e. The molecule has 0 radical (unpaired) electrons. The van der Waals surface area contributed by atoms with Crippen LogP contribution in [0, 0.1) is 0 Å². The van der Waals surface area contributed by atoms with Crippen LogP contribution in [0.1, 0.15) is 12.0 Å². The van der Waals surface area contributed by atoms with Gasteiger partial charge in [-0.25, -0.2) is 4.79 Å². The summed E-state index contributed by atoms with van der Waals surface area (Å²) < 4.78 is 9.89. The topological polar surface area (TPSA) is 76.4 Å². The highest BCUT2D eigenvalue weighted by atomic mass is 16.5. The highest BCUT2D eigenvalue weighted by Gasteiger charge is 2.05. The molecule has 2 N–H and O–H groups in total. The lowest BCUT2D eigenvalue weighted by Gasteiger charge is -2.10. The van der Waals surface area contributed by atoms with Gasteiger partial charge in [0.2, 0.25) is 0 Å². The minimum Gasteiger partial charge on any atom is -0.495 e. The van der Waals surface area contributed by atoms with E-state index < -0.39 is 0 Å². The summed E-state index contributed by atoms with van der Waals surface area (Å²) in [6.07, 6.45) is 4.92. The van der Waals surface area contributed by atoms with Crippen LogP contribution in [0.25, 0.3) is 0 Å². The van der Waals surface area contributed by atoms with Crippen LogP contribution in [-0.4, -0.2) is 24.8 Å². The van der Waals surface area contributed by atoms with Crippen LogP contribution in [0.4, 0.5) is 10.5 Å². The first kappa shape index (κ1) is 13.9. The van der Waals surface area contributed by atoms with Gasteiger partial charge in [0.1, 0.15) is 12.0 Å². The standard InChI is InChI=1S/C14H17N3O3/c1-19-13-7-3-2-6-12(13)17-14(18)15-8-4-5-11-9-16-20-10-11/h2-3,6-7,9-10H,4-5,8H2,1H3,(H2,15,17,18). The van der Waals surface area contributed by atoms with E-state index in [2.05, 4.69) is 15.8 Å². The minimum absolute atomic E-state index is 0.250. The maximum absolute atomic E-state index is 11.7. The van der Waals surface area contributed by atoms with Crippen molar-refractivity contribution in [2.24, 2.45) is 0 Å². The largest absolute Gasteiger partial charge is 0.495 e. The lowest BCUT2D eigenvalue weighted by molar-refractivity contribution is 0.252. The molecule has 2 rings (SSSR count). The molecule has 106 valence electrons. The molecule has 0 saturated carbocycles. The van der Waals surface area contributed by atoms with Gasteiger partial charge in [-0.05, 0) is 25.0 Å². The lowest BCUT2D eigenvalue weighted by Crippen LogP contribution is -2.29. The molecule has 1 heterocycles. The Morgan fingerprint density at radius 1 is 1.40 bits per heavy atom. The van der Waals surface area contributed by atoms with Gasteiger partial charge >= 0.3 is 6.03 Å². The first-order valence-electron chi connectivity index (χ1n) is 6.35. The summed E-state index contributed by atoms with van der Waals surface area (Å²) in [5, 5.41) is 9.16. The number of nitrogens with zero attached hydrogens (tertiary/aromatic N) is 1. The molecule has 0 aliphatic rings. The molecule has 20 heavy (non-hydrogen) atoms. The molecule has 0 bridgehead atoms. The Morgan fingerprint density at radius 3 is 3.00 bits per heavy atom. The zero-order chi connectivity index (χ0) is 14.2. The second-order valence-electron chi connectivity index (χ2n) is 4.22. The van der Waals surface area contributed by atoms with Crippen molar-refractivity contribution in [2.75, 3.05) is 19.0 Å². The number of urea groups is 1. The average Bonchev–Trinajstić information content (AvgIpc) is 2.97.